The minimum absolute atomic E-state index is 0.00110. The molecule has 1 heterocycles. The first kappa shape index (κ1) is 23.4. The van der Waals surface area contributed by atoms with Crippen LogP contribution in [0.1, 0.15) is 45.2 Å². The maximum absolute atomic E-state index is 12.9. The SMILES string of the molecule is COc1cc(C(C)NC(=O)C2CCN(c3ccccc3[N+](=O)[O-])CC2)ccc1OC(C)C. The summed E-state index contributed by atoms with van der Waals surface area (Å²) in [5.41, 5.74) is 1.65. The molecule has 0 aliphatic carbocycles. The Morgan fingerprint density at radius 3 is 2.44 bits per heavy atom. The summed E-state index contributed by atoms with van der Waals surface area (Å²) in [6, 6.07) is 12.2. The van der Waals surface area contributed by atoms with Crippen LogP contribution in [0, 0.1) is 16.0 Å². The number of hydrogen-bond acceptors (Lipinski definition) is 6. The molecule has 172 valence electrons. The Morgan fingerprint density at radius 2 is 1.81 bits per heavy atom. The van der Waals surface area contributed by atoms with Crippen LogP contribution in [-0.2, 0) is 4.79 Å². The maximum Gasteiger partial charge on any atom is 0.292 e. The summed E-state index contributed by atoms with van der Waals surface area (Å²) in [5, 5.41) is 14.4. The number of para-hydroxylation sites is 2. The fourth-order valence-corrected chi connectivity index (χ4v) is 3.99. The summed E-state index contributed by atoms with van der Waals surface area (Å²) < 4.78 is 11.2. The Kier molecular flexibility index (Phi) is 7.56. The van der Waals surface area contributed by atoms with Gasteiger partial charge in [0.15, 0.2) is 11.5 Å². The molecule has 1 aliphatic heterocycles. The van der Waals surface area contributed by atoms with E-state index in [0.29, 0.717) is 43.1 Å². The van der Waals surface area contributed by atoms with Gasteiger partial charge in [0.25, 0.3) is 5.69 Å². The number of carbonyl (C=O) groups is 1. The monoisotopic (exact) mass is 441 g/mol. The number of ether oxygens (including phenoxy) is 2. The van der Waals surface area contributed by atoms with Gasteiger partial charge in [0.05, 0.1) is 24.2 Å². The molecule has 0 spiro atoms. The summed E-state index contributed by atoms with van der Waals surface area (Å²) in [6.07, 6.45) is 1.33. The number of nitrogens with one attached hydrogen (secondary N) is 1. The Hall–Kier alpha value is -3.29. The van der Waals surface area contributed by atoms with Crippen LogP contribution in [0.5, 0.6) is 11.5 Å². The fraction of sp³-hybridized carbons (Fsp3) is 0.458. The molecular weight excluding hydrogens is 410 g/mol. The standard InChI is InChI=1S/C24H31N3O5/c1-16(2)32-22-10-9-19(15-23(22)31-4)17(3)25-24(28)18-11-13-26(14-12-18)20-7-5-6-8-21(20)27(29)30/h5-10,15-18H,11-14H2,1-4H3,(H,25,28). The molecule has 1 unspecified atom stereocenters. The molecule has 0 bridgehead atoms. The van der Waals surface area contributed by atoms with E-state index in [1.165, 1.54) is 6.07 Å². The highest BCUT2D eigenvalue weighted by Crippen LogP contribution is 2.33. The molecule has 0 aromatic heterocycles. The molecule has 2 aromatic rings. The van der Waals surface area contributed by atoms with Gasteiger partial charge < -0.3 is 19.7 Å². The van der Waals surface area contributed by atoms with Crippen LogP contribution < -0.4 is 19.7 Å². The molecule has 32 heavy (non-hydrogen) atoms. The number of nitro groups is 1. The summed E-state index contributed by atoms with van der Waals surface area (Å²) in [7, 11) is 1.60. The van der Waals surface area contributed by atoms with Gasteiger partial charge in [0.1, 0.15) is 5.69 Å². The van der Waals surface area contributed by atoms with Gasteiger partial charge in [-0.05, 0) is 57.4 Å². The predicted molar refractivity (Wildman–Crippen MR) is 123 cm³/mol. The molecule has 1 atom stereocenters. The summed E-state index contributed by atoms with van der Waals surface area (Å²) in [5.74, 6) is 1.19. The van der Waals surface area contributed by atoms with E-state index in [2.05, 4.69) is 5.32 Å². The van der Waals surface area contributed by atoms with Crippen molar-refractivity contribution in [1.82, 2.24) is 5.32 Å². The first-order valence-corrected chi connectivity index (χ1v) is 10.9. The number of methoxy groups -OCH3 is 1. The van der Waals surface area contributed by atoms with Crippen molar-refractivity contribution in [2.75, 3.05) is 25.1 Å². The predicted octanol–water partition coefficient (Wildman–Crippen LogP) is 4.48. The molecule has 0 radical (unpaired) electrons. The lowest BCUT2D eigenvalue weighted by atomic mass is 9.94. The third-order valence-electron chi connectivity index (χ3n) is 5.69. The van der Waals surface area contributed by atoms with Crippen LogP contribution in [0.25, 0.3) is 0 Å². The van der Waals surface area contributed by atoms with Gasteiger partial charge in [0.2, 0.25) is 5.91 Å². The minimum Gasteiger partial charge on any atom is -0.493 e. The van der Waals surface area contributed by atoms with Gasteiger partial charge in [-0.2, -0.15) is 0 Å². The van der Waals surface area contributed by atoms with Crippen molar-refractivity contribution in [3.05, 3.63) is 58.1 Å². The van der Waals surface area contributed by atoms with Crippen molar-refractivity contribution in [2.45, 2.75) is 45.8 Å². The lowest BCUT2D eigenvalue weighted by Crippen LogP contribution is -2.41. The maximum atomic E-state index is 12.9. The highest BCUT2D eigenvalue weighted by molar-refractivity contribution is 5.79. The molecule has 2 aromatic carbocycles. The number of rotatable bonds is 8. The summed E-state index contributed by atoms with van der Waals surface area (Å²) >= 11 is 0. The average molecular weight is 442 g/mol. The first-order chi connectivity index (χ1) is 15.3. The van der Waals surface area contributed by atoms with E-state index in [-0.39, 0.29) is 34.6 Å². The lowest BCUT2D eigenvalue weighted by molar-refractivity contribution is -0.384. The largest absolute Gasteiger partial charge is 0.493 e. The zero-order valence-electron chi connectivity index (χ0n) is 19.0. The van der Waals surface area contributed by atoms with Gasteiger partial charge in [-0.25, -0.2) is 0 Å². The van der Waals surface area contributed by atoms with E-state index in [0.717, 1.165) is 5.56 Å². The van der Waals surface area contributed by atoms with E-state index < -0.39 is 0 Å². The van der Waals surface area contributed by atoms with E-state index in [1.54, 1.807) is 25.3 Å². The molecule has 0 saturated carbocycles. The van der Waals surface area contributed by atoms with Gasteiger partial charge in [-0.3, -0.25) is 14.9 Å². The molecule has 8 heteroatoms. The fourth-order valence-electron chi connectivity index (χ4n) is 3.99. The van der Waals surface area contributed by atoms with Crippen molar-refractivity contribution in [3.8, 4) is 11.5 Å². The van der Waals surface area contributed by atoms with Crippen LogP contribution in [0.2, 0.25) is 0 Å². The average Bonchev–Trinajstić information content (AvgIpc) is 2.79. The number of benzene rings is 2. The zero-order valence-corrected chi connectivity index (χ0v) is 19.0. The van der Waals surface area contributed by atoms with E-state index in [9.17, 15) is 14.9 Å². The van der Waals surface area contributed by atoms with Crippen molar-refractivity contribution in [2.24, 2.45) is 5.92 Å². The second-order valence-corrected chi connectivity index (χ2v) is 8.31. The number of piperidine rings is 1. The number of carbonyl (C=O) groups excluding carboxylic acids is 1. The Balaban J connectivity index is 1.60. The van der Waals surface area contributed by atoms with E-state index >= 15 is 0 Å². The van der Waals surface area contributed by atoms with Crippen molar-refractivity contribution >= 4 is 17.3 Å². The molecule has 1 fully saturated rings. The number of anilines is 1. The third-order valence-corrected chi connectivity index (χ3v) is 5.69. The second-order valence-electron chi connectivity index (χ2n) is 8.31. The second kappa shape index (κ2) is 10.3. The topological polar surface area (TPSA) is 93.9 Å². The summed E-state index contributed by atoms with van der Waals surface area (Å²) in [6.45, 7) is 7.06. The molecule has 3 rings (SSSR count). The van der Waals surface area contributed by atoms with Crippen molar-refractivity contribution < 1.29 is 19.2 Å². The first-order valence-electron chi connectivity index (χ1n) is 10.9. The minimum atomic E-state index is -0.360. The molecule has 8 nitrogen and oxygen atoms in total. The normalized spacial score (nSPS) is 15.3. The van der Waals surface area contributed by atoms with Crippen LogP contribution in [0.4, 0.5) is 11.4 Å². The molecule has 1 amide bonds. The molecule has 1 N–H and O–H groups in total. The quantitative estimate of drug-likeness (QED) is 0.479. The van der Waals surface area contributed by atoms with Crippen LogP contribution in [-0.4, -0.2) is 37.1 Å². The molecular formula is C24H31N3O5. The lowest BCUT2D eigenvalue weighted by Gasteiger charge is -2.33. The zero-order chi connectivity index (χ0) is 23.3. The number of nitro benzene ring substituents is 1. The number of nitrogens with zero attached hydrogens (tertiary/aromatic N) is 2. The van der Waals surface area contributed by atoms with Crippen LogP contribution >= 0.6 is 0 Å². The van der Waals surface area contributed by atoms with Crippen molar-refractivity contribution in [1.29, 1.82) is 0 Å². The van der Waals surface area contributed by atoms with Gasteiger partial charge in [0, 0.05) is 25.1 Å². The molecule has 1 aliphatic rings. The van der Waals surface area contributed by atoms with Crippen molar-refractivity contribution in [3.63, 3.8) is 0 Å². The summed E-state index contributed by atoms with van der Waals surface area (Å²) in [4.78, 5) is 25.8. The number of hydrogen-bond donors (Lipinski definition) is 1. The highest BCUT2D eigenvalue weighted by atomic mass is 16.6. The van der Waals surface area contributed by atoms with Gasteiger partial charge in [-0.1, -0.05) is 18.2 Å². The van der Waals surface area contributed by atoms with Crippen LogP contribution in [0.15, 0.2) is 42.5 Å². The highest BCUT2D eigenvalue weighted by Gasteiger charge is 2.29. The molecule has 1 saturated heterocycles. The van der Waals surface area contributed by atoms with E-state index in [4.69, 9.17) is 9.47 Å². The number of amides is 1. The Morgan fingerprint density at radius 1 is 1.12 bits per heavy atom. The van der Waals surface area contributed by atoms with Gasteiger partial charge >= 0.3 is 0 Å². The smallest absolute Gasteiger partial charge is 0.292 e. The Labute approximate surface area is 188 Å². The Bertz CT molecular complexity index is 954. The van der Waals surface area contributed by atoms with Crippen LogP contribution in [0.3, 0.4) is 0 Å². The van der Waals surface area contributed by atoms with Gasteiger partial charge in [-0.15, -0.1) is 0 Å². The van der Waals surface area contributed by atoms with E-state index in [1.807, 2.05) is 43.9 Å². The third kappa shape index (κ3) is 5.49.